The van der Waals surface area contributed by atoms with Gasteiger partial charge in [-0.05, 0) is 36.2 Å². The first-order chi connectivity index (χ1) is 10.3. The van der Waals surface area contributed by atoms with Gasteiger partial charge in [0.15, 0.2) is 0 Å². The molecular formula is C18H17NOS. The minimum absolute atomic E-state index is 0.615. The Morgan fingerprint density at radius 1 is 1.14 bits per heavy atom. The van der Waals surface area contributed by atoms with E-state index in [1.807, 2.05) is 17.8 Å². The Balaban J connectivity index is 1.62. The molecule has 0 saturated carbocycles. The average molecular weight is 295 g/mol. The van der Waals surface area contributed by atoms with Crippen LogP contribution in [0.15, 0.2) is 59.6 Å². The van der Waals surface area contributed by atoms with E-state index in [4.69, 9.17) is 4.74 Å². The van der Waals surface area contributed by atoms with Gasteiger partial charge in [0.2, 0.25) is 0 Å². The molecule has 0 N–H and O–H groups in total. The van der Waals surface area contributed by atoms with Gasteiger partial charge in [-0.1, -0.05) is 24.3 Å². The maximum Gasteiger partial charge on any atom is 0.128 e. The predicted octanol–water partition coefficient (Wildman–Crippen LogP) is 4.37. The van der Waals surface area contributed by atoms with E-state index in [9.17, 15) is 0 Å². The molecule has 0 saturated heterocycles. The van der Waals surface area contributed by atoms with Crippen LogP contribution in [0.1, 0.15) is 5.56 Å². The van der Waals surface area contributed by atoms with Crippen LogP contribution in [0.3, 0.4) is 0 Å². The summed E-state index contributed by atoms with van der Waals surface area (Å²) in [5.74, 6) is 0.952. The Bertz CT molecular complexity index is 768. The number of hydrogen-bond acceptors (Lipinski definition) is 2. The standard InChI is InChI=1S/C18H17NOS/c1-20-17-7-4-6-16-15(17)9-10-19(16)12-14-11-13-5-2-3-8-18(13)21-14/h2-10,14H,11-12H2,1H3. The van der Waals surface area contributed by atoms with Crippen molar-refractivity contribution < 1.29 is 4.74 Å². The second kappa shape index (κ2) is 5.15. The van der Waals surface area contributed by atoms with Crippen molar-refractivity contribution in [2.45, 2.75) is 23.1 Å². The summed E-state index contributed by atoms with van der Waals surface area (Å²) in [4.78, 5) is 1.44. The zero-order valence-corrected chi connectivity index (χ0v) is 12.8. The number of hydrogen-bond donors (Lipinski definition) is 0. The summed E-state index contributed by atoms with van der Waals surface area (Å²) in [6.45, 7) is 1.04. The molecule has 2 aromatic carbocycles. The number of fused-ring (bicyclic) bond motifs is 2. The normalized spacial score (nSPS) is 17.1. The van der Waals surface area contributed by atoms with Gasteiger partial charge in [0, 0.05) is 28.3 Å². The molecule has 2 heterocycles. The molecule has 1 aromatic heterocycles. The Kier molecular flexibility index (Phi) is 3.15. The Hall–Kier alpha value is -1.87. The van der Waals surface area contributed by atoms with Crippen LogP contribution in [-0.2, 0) is 13.0 Å². The summed E-state index contributed by atoms with van der Waals surface area (Å²) < 4.78 is 7.79. The molecule has 1 unspecified atom stereocenters. The van der Waals surface area contributed by atoms with Crippen molar-refractivity contribution in [3.63, 3.8) is 0 Å². The molecule has 0 spiro atoms. The topological polar surface area (TPSA) is 14.2 Å². The third-order valence-electron chi connectivity index (χ3n) is 4.11. The maximum atomic E-state index is 5.44. The molecule has 0 bridgehead atoms. The Morgan fingerprint density at radius 2 is 2.05 bits per heavy atom. The van der Waals surface area contributed by atoms with Gasteiger partial charge in [0.25, 0.3) is 0 Å². The molecular weight excluding hydrogens is 278 g/mol. The zero-order valence-electron chi connectivity index (χ0n) is 12.0. The summed E-state index contributed by atoms with van der Waals surface area (Å²) in [6, 6.07) is 17.2. The van der Waals surface area contributed by atoms with Crippen molar-refractivity contribution in [1.29, 1.82) is 0 Å². The summed E-state index contributed by atoms with van der Waals surface area (Å²) in [5, 5.41) is 1.81. The number of rotatable bonds is 3. The quantitative estimate of drug-likeness (QED) is 0.712. The van der Waals surface area contributed by atoms with E-state index in [0.717, 1.165) is 18.7 Å². The van der Waals surface area contributed by atoms with Crippen LogP contribution in [0, 0.1) is 0 Å². The molecule has 0 fully saturated rings. The van der Waals surface area contributed by atoms with Gasteiger partial charge < -0.3 is 9.30 Å². The molecule has 21 heavy (non-hydrogen) atoms. The minimum atomic E-state index is 0.615. The van der Waals surface area contributed by atoms with Crippen molar-refractivity contribution in [1.82, 2.24) is 4.57 Å². The van der Waals surface area contributed by atoms with Crippen molar-refractivity contribution in [2.75, 3.05) is 7.11 Å². The van der Waals surface area contributed by atoms with Gasteiger partial charge in [-0.15, -0.1) is 11.8 Å². The second-order valence-electron chi connectivity index (χ2n) is 5.41. The predicted molar refractivity (Wildman–Crippen MR) is 88.3 cm³/mol. The number of nitrogens with zero attached hydrogens (tertiary/aromatic N) is 1. The fraction of sp³-hybridized carbons (Fsp3) is 0.222. The van der Waals surface area contributed by atoms with Crippen LogP contribution in [0.25, 0.3) is 10.9 Å². The molecule has 1 aliphatic rings. The lowest BCUT2D eigenvalue weighted by molar-refractivity contribution is 0.420. The van der Waals surface area contributed by atoms with Gasteiger partial charge in [0.1, 0.15) is 5.75 Å². The molecule has 4 rings (SSSR count). The van der Waals surface area contributed by atoms with Gasteiger partial charge in [-0.3, -0.25) is 0 Å². The van der Waals surface area contributed by atoms with Gasteiger partial charge in [-0.25, -0.2) is 0 Å². The van der Waals surface area contributed by atoms with Crippen LogP contribution in [0.4, 0.5) is 0 Å². The van der Waals surface area contributed by atoms with E-state index in [1.54, 1.807) is 7.11 Å². The molecule has 106 valence electrons. The molecule has 2 nitrogen and oxygen atoms in total. The lowest BCUT2D eigenvalue weighted by Crippen LogP contribution is -2.11. The fourth-order valence-corrected chi connectivity index (χ4v) is 4.42. The summed E-state index contributed by atoms with van der Waals surface area (Å²) in [6.07, 6.45) is 3.33. The molecule has 0 radical (unpaired) electrons. The lowest BCUT2D eigenvalue weighted by atomic mass is 10.1. The first-order valence-corrected chi connectivity index (χ1v) is 8.09. The molecule has 3 heteroatoms. The number of benzene rings is 2. The SMILES string of the molecule is COc1cccc2c1ccn2CC1Cc2ccccc2S1. The van der Waals surface area contributed by atoms with E-state index in [0.29, 0.717) is 5.25 Å². The van der Waals surface area contributed by atoms with Crippen LogP contribution in [-0.4, -0.2) is 16.9 Å². The van der Waals surface area contributed by atoms with Gasteiger partial charge in [0.05, 0.1) is 12.6 Å². The van der Waals surface area contributed by atoms with E-state index in [-0.39, 0.29) is 0 Å². The highest BCUT2D eigenvalue weighted by atomic mass is 32.2. The zero-order chi connectivity index (χ0) is 14.2. The molecule has 3 aromatic rings. The van der Waals surface area contributed by atoms with Crippen molar-refractivity contribution in [3.05, 3.63) is 60.3 Å². The highest BCUT2D eigenvalue weighted by Gasteiger charge is 2.22. The van der Waals surface area contributed by atoms with Crippen LogP contribution < -0.4 is 4.74 Å². The first-order valence-electron chi connectivity index (χ1n) is 7.21. The summed E-state index contributed by atoms with van der Waals surface area (Å²) in [5.41, 5.74) is 2.74. The van der Waals surface area contributed by atoms with Crippen molar-refractivity contribution in [2.24, 2.45) is 0 Å². The number of thioether (sulfide) groups is 1. The highest BCUT2D eigenvalue weighted by molar-refractivity contribution is 8.00. The monoisotopic (exact) mass is 295 g/mol. The third-order valence-corrected chi connectivity index (χ3v) is 5.41. The molecule has 1 atom stereocenters. The lowest BCUT2D eigenvalue weighted by Gasteiger charge is -2.11. The van der Waals surface area contributed by atoms with Gasteiger partial charge >= 0.3 is 0 Å². The third kappa shape index (κ3) is 2.22. The summed E-state index contributed by atoms with van der Waals surface area (Å²) >= 11 is 2.00. The summed E-state index contributed by atoms with van der Waals surface area (Å²) in [7, 11) is 1.73. The Morgan fingerprint density at radius 3 is 2.90 bits per heavy atom. The first kappa shape index (κ1) is 12.8. The fourth-order valence-electron chi connectivity index (χ4n) is 3.11. The van der Waals surface area contributed by atoms with E-state index < -0.39 is 0 Å². The number of ether oxygens (including phenoxy) is 1. The van der Waals surface area contributed by atoms with Crippen LogP contribution in [0.2, 0.25) is 0 Å². The molecule has 0 aliphatic carbocycles. The number of aromatic nitrogens is 1. The molecule has 1 aliphatic heterocycles. The largest absolute Gasteiger partial charge is 0.496 e. The van der Waals surface area contributed by atoms with Crippen LogP contribution >= 0.6 is 11.8 Å². The number of methoxy groups -OCH3 is 1. The highest BCUT2D eigenvalue weighted by Crippen LogP contribution is 2.38. The maximum absolute atomic E-state index is 5.44. The molecule has 0 amide bonds. The van der Waals surface area contributed by atoms with Crippen LogP contribution in [0.5, 0.6) is 5.75 Å². The van der Waals surface area contributed by atoms with E-state index in [2.05, 4.69) is 53.2 Å². The smallest absolute Gasteiger partial charge is 0.128 e. The van der Waals surface area contributed by atoms with Gasteiger partial charge in [-0.2, -0.15) is 0 Å². The van der Waals surface area contributed by atoms with E-state index in [1.165, 1.54) is 21.4 Å². The van der Waals surface area contributed by atoms with Crippen molar-refractivity contribution >= 4 is 22.7 Å². The van der Waals surface area contributed by atoms with E-state index >= 15 is 0 Å². The van der Waals surface area contributed by atoms with Crippen molar-refractivity contribution in [3.8, 4) is 5.75 Å². The minimum Gasteiger partial charge on any atom is -0.496 e. The Labute approximate surface area is 128 Å². The second-order valence-corrected chi connectivity index (χ2v) is 6.76. The average Bonchev–Trinajstić information content (AvgIpc) is 3.11.